The topological polar surface area (TPSA) is 78.7 Å². The van der Waals surface area contributed by atoms with E-state index in [1.807, 2.05) is 6.92 Å². The molecule has 0 spiro atoms. The molecule has 0 amide bonds. The summed E-state index contributed by atoms with van der Waals surface area (Å²) >= 11 is 0. The molecule has 0 aliphatic rings. The molecule has 120 valence electrons. The number of nitrogens with zero attached hydrogens (tertiary/aromatic N) is 1. The van der Waals surface area contributed by atoms with Crippen molar-refractivity contribution in [1.82, 2.24) is 0 Å². The van der Waals surface area contributed by atoms with Crippen molar-refractivity contribution in [1.29, 1.82) is 0 Å². The van der Waals surface area contributed by atoms with Gasteiger partial charge in [0.2, 0.25) is 5.75 Å². The number of para-hydroxylation sites is 2. The fraction of sp³-hybridized carbons (Fsp3) is 0.235. The molecule has 6 heteroatoms. The molecule has 0 unspecified atom stereocenters. The van der Waals surface area contributed by atoms with Gasteiger partial charge in [0.05, 0.1) is 11.5 Å². The molecule has 6 nitrogen and oxygen atoms in total. The number of nitro benzene ring substituents is 1. The van der Waals surface area contributed by atoms with Crippen LogP contribution in [0, 0.1) is 10.1 Å². The summed E-state index contributed by atoms with van der Waals surface area (Å²) in [5, 5.41) is 11.2. The zero-order valence-electron chi connectivity index (χ0n) is 12.9. The number of benzene rings is 2. The van der Waals surface area contributed by atoms with Crippen molar-refractivity contribution < 1.29 is 19.2 Å². The molecule has 2 rings (SSSR count). The molecule has 0 fully saturated rings. The van der Waals surface area contributed by atoms with E-state index in [1.165, 1.54) is 25.1 Å². The van der Waals surface area contributed by atoms with Gasteiger partial charge in [-0.2, -0.15) is 0 Å². The first-order valence-corrected chi connectivity index (χ1v) is 7.22. The van der Waals surface area contributed by atoms with E-state index in [9.17, 15) is 14.9 Å². The third-order valence-electron chi connectivity index (χ3n) is 3.09. The third-order valence-corrected chi connectivity index (χ3v) is 3.09. The van der Waals surface area contributed by atoms with Crippen LogP contribution >= 0.6 is 0 Å². The quantitative estimate of drug-likeness (QED) is 0.430. The molecule has 2 aromatic carbocycles. The van der Waals surface area contributed by atoms with Gasteiger partial charge in [0.1, 0.15) is 0 Å². The second-order valence-corrected chi connectivity index (χ2v) is 4.89. The normalized spacial score (nSPS) is 10.2. The Labute approximate surface area is 133 Å². The number of carbonyl (C=O) groups is 1. The lowest BCUT2D eigenvalue weighted by atomic mass is 10.1. The van der Waals surface area contributed by atoms with E-state index in [4.69, 9.17) is 9.47 Å². The van der Waals surface area contributed by atoms with E-state index in [0.717, 1.165) is 6.42 Å². The van der Waals surface area contributed by atoms with Crippen LogP contribution in [0.5, 0.6) is 17.2 Å². The minimum Gasteiger partial charge on any atom is -0.490 e. The predicted molar refractivity (Wildman–Crippen MR) is 85.4 cm³/mol. The summed E-state index contributed by atoms with van der Waals surface area (Å²) in [6, 6.07) is 11.1. The predicted octanol–water partition coefficient (Wildman–Crippen LogP) is 4.38. The maximum Gasteiger partial charge on any atom is 0.312 e. The van der Waals surface area contributed by atoms with Crippen molar-refractivity contribution in [2.45, 2.75) is 20.3 Å². The Morgan fingerprint density at radius 2 is 1.83 bits per heavy atom. The van der Waals surface area contributed by atoms with Gasteiger partial charge in [-0.15, -0.1) is 0 Å². The minimum atomic E-state index is -0.572. The highest BCUT2D eigenvalue weighted by Crippen LogP contribution is 2.36. The van der Waals surface area contributed by atoms with Crippen LogP contribution in [-0.2, 0) is 0 Å². The minimum absolute atomic E-state index is 0.0625. The first-order chi connectivity index (χ1) is 11.0. The average Bonchev–Trinajstić information content (AvgIpc) is 2.54. The number of nitro groups is 1. The molecule has 0 aliphatic carbocycles. The van der Waals surface area contributed by atoms with Crippen molar-refractivity contribution in [3.63, 3.8) is 0 Å². The second-order valence-electron chi connectivity index (χ2n) is 4.89. The number of carbonyl (C=O) groups excluding carboxylic acids is 1. The highest BCUT2D eigenvalue weighted by Gasteiger charge is 2.19. The smallest absolute Gasteiger partial charge is 0.312 e. The van der Waals surface area contributed by atoms with Crippen LogP contribution in [-0.4, -0.2) is 17.3 Å². The molecule has 0 aliphatic heterocycles. The SMILES string of the molecule is CCCOc1ccccc1Oc1ccc(C(C)=O)cc1[N+](=O)[O-]. The Bertz CT molecular complexity index is 727. The summed E-state index contributed by atoms with van der Waals surface area (Å²) in [7, 11) is 0. The van der Waals surface area contributed by atoms with E-state index < -0.39 is 4.92 Å². The second kappa shape index (κ2) is 7.40. The van der Waals surface area contributed by atoms with Gasteiger partial charge < -0.3 is 9.47 Å². The van der Waals surface area contributed by atoms with Crippen LogP contribution in [0.15, 0.2) is 42.5 Å². The molecule has 2 aromatic rings. The van der Waals surface area contributed by atoms with Gasteiger partial charge in [0, 0.05) is 11.6 Å². The summed E-state index contributed by atoms with van der Waals surface area (Å²) < 4.78 is 11.2. The van der Waals surface area contributed by atoms with E-state index in [-0.39, 0.29) is 22.8 Å². The van der Waals surface area contributed by atoms with Gasteiger partial charge in [-0.3, -0.25) is 14.9 Å². The van der Waals surface area contributed by atoms with Gasteiger partial charge >= 0.3 is 5.69 Å². The number of ketones is 1. The molecule has 23 heavy (non-hydrogen) atoms. The molecule has 0 radical (unpaired) electrons. The van der Waals surface area contributed by atoms with Gasteiger partial charge in [0.25, 0.3) is 0 Å². The van der Waals surface area contributed by atoms with Crippen molar-refractivity contribution in [2.75, 3.05) is 6.61 Å². The van der Waals surface area contributed by atoms with Crippen molar-refractivity contribution in [3.05, 3.63) is 58.1 Å². The van der Waals surface area contributed by atoms with Crippen LogP contribution in [0.1, 0.15) is 30.6 Å². The van der Waals surface area contributed by atoms with E-state index in [1.54, 1.807) is 24.3 Å². The lowest BCUT2D eigenvalue weighted by molar-refractivity contribution is -0.385. The Balaban J connectivity index is 2.37. The Morgan fingerprint density at radius 3 is 2.43 bits per heavy atom. The monoisotopic (exact) mass is 315 g/mol. The number of hydrogen-bond donors (Lipinski definition) is 0. The molecule has 0 aromatic heterocycles. The van der Waals surface area contributed by atoms with E-state index >= 15 is 0 Å². The van der Waals surface area contributed by atoms with Crippen LogP contribution < -0.4 is 9.47 Å². The molecule has 0 heterocycles. The van der Waals surface area contributed by atoms with Gasteiger partial charge in [-0.1, -0.05) is 19.1 Å². The largest absolute Gasteiger partial charge is 0.490 e. The summed E-state index contributed by atoms with van der Waals surface area (Å²) in [6.45, 7) is 3.86. The number of Topliss-reactive ketones (excluding diaryl/α,β-unsaturated/α-hetero) is 1. The number of rotatable bonds is 7. The van der Waals surface area contributed by atoms with Gasteiger partial charge in [0.15, 0.2) is 17.3 Å². The maximum atomic E-state index is 11.4. The fourth-order valence-electron chi connectivity index (χ4n) is 1.95. The van der Waals surface area contributed by atoms with Crippen LogP contribution in [0.2, 0.25) is 0 Å². The first kappa shape index (κ1) is 16.5. The third kappa shape index (κ3) is 4.06. The Kier molecular flexibility index (Phi) is 5.30. The summed E-state index contributed by atoms with van der Waals surface area (Å²) in [5.74, 6) is 0.720. The van der Waals surface area contributed by atoms with Crippen molar-refractivity contribution in [2.24, 2.45) is 0 Å². The lowest BCUT2D eigenvalue weighted by Crippen LogP contribution is -2.00. The summed E-state index contributed by atoms with van der Waals surface area (Å²) in [6.07, 6.45) is 0.835. The zero-order chi connectivity index (χ0) is 16.8. The molecule has 0 saturated heterocycles. The fourth-order valence-corrected chi connectivity index (χ4v) is 1.95. The Morgan fingerprint density at radius 1 is 1.13 bits per heavy atom. The first-order valence-electron chi connectivity index (χ1n) is 7.22. The highest BCUT2D eigenvalue weighted by atomic mass is 16.6. The Hall–Kier alpha value is -2.89. The highest BCUT2D eigenvalue weighted by molar-refractivity contribution is 5.95. The summed E-state index contributed by atoms with van der Waals surface area (Å²) in [5.41, 5.74) is 0.00237. The van der Waals surface area contributed by atoms with Crippen LogP contribution in [0.3, 0.4) is 0 Å². The standard InChI is InChI=1S/C17H17NO5/c1-3-10-22-16-6-4-5-7-17(16)23-15-9-8-13(12(2)19)11-14(15)18(20)21/h4-9,11H,3,10H2,1-2H3. The molecule has 0 bridgehead atoms. The van der Waals surface area contributed by atoms with Gasteiger partial charge in [-0.05, 0) is 37.6 Å². The molecule has 0 N–H and O–H groups in total. The van der Waals surface area contributed by atoms with E-state index in [0.29, 0.717) is 18.1 Å². The van der Waals surface area contributed by atoms with Crippen LogP contribution in [0.4, 0.5) is 5.69 Å². The van der Waals surface area contributed by atoms with Crippen molar-refractivity contribution in [3.8, 4) is 17.2 Å². The number of ether oxygens (including phenoxy) is 2. The van der Waals surface area contributed by atoms with Crippen LogP contribution in [0.25, 0.3) is 0 Å². The average molecular weight is 315 g/mol. The maximum absolute atomic E-state index is 11.4. The molecule has 0 atom stereocenters. The van der Waals surface area contributed by atoms with E-state index in [2.05, 4.69) is 0 Å². The van der Waals surface area contributed by atoms with Crippen molar-refractivity contribution >= 4 is 11.5 Å². The molecular formula is C17H17NO5. The molecular weight excluding hydrogens is 298 g/mol. The number of hydrogen-bond acceptors (Lipinski definition) is 5. The zero-order valence-corrected chi connectivity index (χ0v) is 12.9. The summed E-state index contributed by atoms with van der Waals surface area (Å²) in [4.78, 5) is 22.0. The van der Waals surface area contributed by atoms with Gasteiger partial charge in [-0.25, -0.2) is 0 Å². The molecule has 0 saturated carbocycles. The lowest BCUT2D eigenvalue weighted by Gasteiger charge is -2.12.